The Morgan fingerprint density at radius 1 is 0.875 bits per heavy atom. The van der Waals surface area contributed by atoms with E-state index < -0.39 is 11.2 Å². The molecule has 2 heterocycles. The highest BCUT2D eigenvalue weighted by Gasteiger charge is 2.41. The normalized spacial score (nSPS) is 25.1. The van der Waals surface area contributed by atoms with Crippen LogP contribution in [0.3, 0.4) is 0 Å². The summed E-state index contributed by atoms with van der Waals surface area (Å²) in [4.78, 5) is 28.3. The summed E-state index contributed by atoms with van der Waals surface area (Å²) >= 11 is 0. The van der Waals surface area contributed by atoms with Crippen molar-refractivity contribution in [2.24, 2.45) is 5.92 Å². The zero-order valence-electron chi connectivity index (χ0n) is 15.9. The molecule has 0 saturated carbocycles. The molecule has 0 aromatic heterocycles. The van der Waals surface area contributed by atoms with Crippen LogP contribution in [-0.2, 0) is 9.47 Å². The second-order valence-electron chi connectivity index (χ2n) is 8.86. The topological polar surface area (TPSA) is 59.1 Å². The van der Waals surface area contributed by atoms with E-state index in [4.69, 9.17) is 9.47 Å². The van der Waals surface area contributed by atoms with Crippen LogP contribution in [-0.4, -0.2) is 58.9 Å². The minimum absolute atomic E-state index is 0.160. The fourth-order valence-electron chi connectivity index (χ4n) is 3.42. The largest absolute Gasteiger partial charge is 0.444 e. The first-order valence-electron chi connectivity index (χ1n) is 8.94. The Kier molecular flexibility index (Phi) is 5.35. The van der Waals surface area contributed by atoms with E-state index in [2.05, 4.69) is 0 Å². The van der Waals surface area contributed by atoms with Crippen molar-refractivity contribution in [3.05, 3.63) is 0 Å². The summed E-state index contributed by atoms with van der Waals surface area (Å²) < 4.78 is 11.0. The number of carbonyl (C=O) groups excluding carboxylic acids is 2. The number of amides is 2. The molecule has 6 heteroatoms. The molecule has 2 atom stereocenters. The van der Waals surface area contributed by atoms with Crippen LogP contribution in [0.15, 0.2) is 0 Å². The van der Waals surface area contributed by atoms with Gasteiger partial charge in [0.05, 0.1) is 0 Å². The summed E-state index contributed by atoms with van der Waals surface area (Å²) in [5.74, 6) is 0.299. The highest BCUT2D eigenvalue weighted by Crippen LogP contribution is 2.32. The van der Waals surface area contributed by atoms with Crippen LogP contribution in [0.4, 0.5) is 9.59 Å². The lowest BCUT2D eigenvalue weighted by molar-refractivity contribution is 0.0170. The van der Waals surface area contributed by atoms with Crippen LogP contribution in [0.5, 0.6) is 0 Å². The third-order valence-corrected chi connectivity index (χ3v) is 4.35. The van der Waals surface area contributed by atoms with Gasteiger partial charge in [-0.2, -0.15) is 0 Å². The number of nitrogens with zero attached hydrogens (tertiary/aromatic N) is 2. The molecule has 2 aliphatic rings. The van der Waals surface area contributed by atoms with E-state index in [9.17, 15) is 9.59 Å². The molecular weight excluding hydrogens is 308 g/mol. The number of carbonyl (C=O) groups is 2. The molecule has 0 aromatic carbocycles. The molecule has 138 valence electrons. The first kappa shape index (κ1) is 18.9. The van der Waals surface area contributed by atoms with Crippen molar-refractivity contribution >= 4 is 12.2 Å². The SMILES string of the molecule is CC(C)(C)OC(=O)N1CCC(C2CCCN2C(=O)OC(C)(C)C)C1. The smallest absolute Gasteiger partial charge is 0.410 e. The molecule has 0 bridgehead atoms. The number of ether oxygens (including phenoxy) is 2. The summed E-state index contributed by atoms with van der Waals surface area (Å²) in [5.41, 5.74) is -0.965. The number of likely N-dealkylation sites (tertiary alicyclic amines) is 2. The highest BCUT2D eigenvalue weighted by molar-refractivity contribution is 5.70. The number of rotatable bonds is 1. The van der Waals surface area contributed by atoms with Crippen LogP contribution < -0.4 is 0 Å². The summed E-state index contributed by atoms with van der Waals surface area (Å²) in [6.45, 7) is 13.4. The monoisotopic (exact) mass is 340 g/mol. The van der Waals surface area contributed by atoms with E-state index in [1.54, 1.807) is 4.90 Å². The maximum absolute atomic E-state index is 12.4. The predicted molar refractivity (Wildman–Crippen MR) is 91.9 cm³/mol. The Morgan fingerprint density at radius 2 is 1.46 bits per heavy atom. The van der Waals surface area contributed by atoms with Gasteiger partial charge < -0.3 is 19.3 Å². The minimum atomic E-state index is -0.484. The standard InChI is InChI=1S/C18H32N2O4/c1-17(2,3)23-15(21)19-11-9-13(12-19)14-8-7-10-20(14)16(22)24-18(4,5)6/h13-14H,7-12H2,1-6H3. The van der Waals surface area contributed by atoms with E-state index >= 15 is 0 Å². The van der Waals surface area contributed by atoms with E-state index in [1.165, 1.54) is 0 Å². The van der Waals surface area contributed by atoms with Crippen LogP contribution in [0, 0.1) is 5.92 Å². The van der Waals surface area contributed by atoms with Crippen molar-refractivity contribution in [2.45, 2.75) is 78.0 Å². The van der Waals surface area contributed by atoms with Gasteiger partial charge in [0.15, 0.2) is 0 Å². The predicted octanol–water partition coefficient (Wildman–Crippen LogP) is 3.64. The van der Waals surface area contributed by atoms with E-state index in [0.717, 1.165) is 25.8 Å². The van der Waals surface area contributed by atoms with E-state index in [-0.39, 0.29) is 18.2 Å². The van der Waals surface area contributed by atoms with Gasteiger partial charge in [-0.1, -0.05) is 0 Å². The molecule has 2 fully saturated rings. The first-order valence-corrected chi connectivity index (χ1v) is 8.94. The Labute approximate surface area is 145 Å². The average Bonchev–Trinajstić information content (AvgIpc) is 3.03. The maximum atomic E-state index is 12.4. The van der Waals surface area contributed by atoms with Gasteiger partial charge in [-0.3, -0.25) is 0 Å². The molecule has 2 saturated heterocycles. The lowest BCUT2D eigenvalue weighted by Crippen LogP contribution is -2.44. The van der Waals surface area contributed by atoms with Crippen molar-refractivity contribution in [1.82, 2.24) is 9.80 Å². The van der Waals surface area contributed by atoms with Gasteiger partial charge in [0.2, 0.25) is 0 Å². The van der Waals surface area contributed by atoms with Crippen molar-refractivity contribution < 1.29 is 19.1 Å². The molecule has 2 unspecified atom stereocenters. The highest BCUT2D eigenvalue weighted by atomic mass is 16.6. The van der Waals surface area contributed by atoms with Crippen molar-refractivity contribution in [1.29, 1.82) is 0 Å². The lowest BCUT2D eigenvalue weighted by Gasteiger charge is -2.31. The molecule has 0 N–H and O–H groups in total. The van der Waals surface area contributed by atoms with Crippen LogP contribution in [0.25, 0.3) is 0 Å². The lowest BCUT2D eigenvalue weighted by atomic mass is 9.97. The summed E-state index contributed by atoms with van der Waals surface area (Å²) in [6, 6.07) is 0.160. The minimum Gasteiger partial charge on any atom is -0.444 e. The molecule has 0 radical (unpaired) electrons. The molecule has 2 amide bonds. The van der Waals surface area contributed by atoms with E-state index in [1.807, 2.05) is 46.4 Å². The van der Waals surface area contributed by atoms with Crippen molar-refractivity contribution in [3.8, 4) is 0 Å². The van der Waals surface area contributed by atoms with Gasteiger partial charge in [0.25, 0.3) is 0 Å². The van der Waals surface area contributed by atoms with Gasteiger partial charge in [0, 0.05) is 25.7 Å². The third-order valence-electron chi connectivity index (χ3n) is 4.35. The van der Waals surface area contributed by atoms with Crippen molar-refractivity contribution in [3.63, 3.8) is 0 Å². The Bertz CT molecular complexity index is 478. The molecule has 24 heavy (non-hydrogen) atoms. The molecule has 0 aliphatic carbocycles. The Balaban J connectivity index is 1.94. The Hall–Kier alpha value is -1.46. The Morgan fingerprint density at radius 3 is 2.04 bits per heavy atom. The molecule has 0 aromatic rings. The van der Waals surface area contributed by atoms with Crippen molar-refractivity contribution in [2.75, 3.05) is 19.6 Å². The second-order valence-corrected chi connectivity index (χ2v) is 8.86. The quantitative estimate of drug-likeness (QED) is 0.731. The number of hydrogen-bond donors (Lipinski definition) is 0. The van der Waals surface area contributed by atoms with E-state index in [0.29, 0.717) is 19.0 Å². The second kappa shape index (κ2) is 6.81. The van der Waals surface area contributed by atoms with Gasteiger partial charge in [-0.25, -0.2) is 9.59 Å². The molecule has 2 rings (SSSR count). The summed E-state index contributed by atoms with van der Waals surface area (Å²) in [5, 5.41) is 0. The summed E-state index contributed by atoms with van der Waals surface area (Å²) in [6.07, 6.45) is 2.38. The maximum Gasteiger partial charge on any atom is 0.410 e. The molecule has 0 spiro atoms. The van der Waals surface area contributed by atoms with Gasteiger partial charge in [-0.15, -0.1) is 0 Å². The summed E-state index contributed by atoms with van der Waals surface area (Å²) in [7, 11) is 0. The van der Waals surface area contributed by atoms with Gasteiger partial charge in [0.1, 0.15) is 11.2 Å². The first-order chi connectivity index (χ1) is 11.0. The zero-order valence-corrected chi connectivity index (χ0v) is 15.9. The fourth-order valence-corrected chi connectivity index (χ4v) is 3.42. The molecule has 6 nitrogen and oxygen atoms in total. The number of hydrogen-bond acceptors (Lipinski definition) is 4. The van der Waals surface area contributed by atoms with Gasteiger partial charge >= 0.3 is 12.2 Å². The molecule has 2 aliphatic heterocycles. The fraction of sp³-hybridized carbons (Fsp3) is 0.889. The molecular formula is C18H32N2O4. The van der Waals surface area contributed by atoms with Gasteiger partial charge in [-0.05, 0) is 66.7 Å². The third kappa shape index (κ3) is 5.02. The average molecular weight is 340 g/mol. The zero-order chi connectivity index (χ0) is 18.1. The van der Waals surface area contributed by atoms with Crippen LogP contribution in [0.1, 0.15) is 60.8 Å². The van der Waals surface area contributed by atoms with Crippen LogP contribution >= 0.6 is 0 Å². The van der Waals surface area contributed by atoms with Crippen LogP contribution in [0.2, 0.25) is 0 Å².